The second kappa shape index (κ2) is 9.16. The minimum absolute atomic E-state index is 0.00712. The van der Waals surface area contributed by atoms with E-state index in [-0.39, 0.29) is 5.88 Å². The first-order valence-electron chi connectivity index (χ1n) is 9.92. The van der Waals surface area contributed by atoms with E-state index in [0.29, 0.717) is 35.0 Å². The quantitative estimate of drug-likeness (QED) is 0.385. The molecular weight excluding hydrogens is 472 g/mol. The first kappa shape index (κ1) is 21.5. The zero-order valence-electron chi connectivity index (χ0n) is 17.2. The van der Waals surface area contributed by atoms with Crippen molar-refractivity contribution in [2.45, 2.75) is 12.8 Å². The Hall–Kier alpha value is -3.76. The largest absolute Gasteiger partial charge is 0.494 e. The number of benzene rings is 3. The number of fused-ring (bicyclic) bond motifs is 1. The summed E-state index contributed by atoms with van der Waals surface area (Å²) >= 11 is 3.34. The van der Waals surface area contributed by atoms with Crippen LogP contribution in [0.25, 0.3) is 0 Å². The average Bonchev–Trinajstić information content (AvgIpc) is 2.79. The number of hydrogen-bond donors (Lipinski definition) is 1. The first-order chi connectivity index (χ1) is 15.5. The summed E-state index contributed by atoms with van der Waals surface area (Å²) < 4.78 is 17.9. The Balaban J connectivity index is 1.71. The van der Waals surface area contributed by atoms with Gasteiger partial charge in [-0.15, -0.1) is 0 Å². The van der Waals surface area contributed by atoms with Crippen molar-refractivity contribution >= 4 is 21.9 Å². The van der Waals surface area contributed by atoms with Crippen molar-refractivity contribution in [3.8, 4) is 23.3 Å². The highest BCUT2D eigenvalue weighted by atomic mass is 79.9. The number of rotatable bonds is 5. The number of nitrogens with zero attached hydrogens (tertiary/aromatic N) is 1. The van der Waals surface area contributed by atoms with Crippen LogP contribution in [0.4, 0.5) is 0 Å². The minimum Gasteiger partial charge on any atom is -0.494 e. The molecule has 7 heteroatoms. The van der Waals surface area contributed by atoms with E-state index < -0.39 is 11.9 Å². The Bertz CT molecular complexity index is 1250. The van der Waals surface area contributed by atoms with Crippen LogP contribution in [-0.2, 0) is 0 Å². The molecule has 1 atom stereocenters. The summed E-state index contributed by atoms with van der Waals surface area (Å²) in [6.45, 7) is 2.38. The van der Waals surface area contributed by atoms with Crippen LogP contribution in [0.3, 0.4) is 0 Å². The SMILES string of the molecule is CCOc1ccccc1C1C(C#N)=C(N)Oc2cc(OC(=O)c3ccc(Br)cc3)ccc21. The first-order valence-corrected chi connectivity index (χ1v) is 10.7. The summed E-state index contributed by atoms with van der Waals surface area (Å²) in [4.78, 5) is 12.5. The minimum atomic E-state index is -0.493. The van der Waals surface area contributed by atoms with Crippen LogP contribution in [0.5, 0.6) is 17.2 Å². The summed E-state index contributed by atoms with van der Waals surface area (Å²) in [6, 6.07) is 21.6. The average molecular weight is 491 g/mol. The van der Waals surface area contributed by atoms with Crippen molar-refractivity contribution in [1.82, 2.24) is 0 Å². The van der Waals surface area contributed by atoms with Gasteiger partial charge in [-0.3, -0.25) is 0 Å². The van der Waals surface area contributed by atoms with E-state index in [9.17, 15) is 10.1 Å². The number of halogens is 1. The van der Waals surface area contributed by atoms with E-state index in [4.69, 9.17) is 19.9 Å². The zero-order chi connectivity index (χ0) is 22.7. The molecule has 0 aromatic heterocycles. The van der Waals surface area contributed by atoms with Gasteiger partial charge < -0.3 is 19.9 Å². The number of allylic oxidation sites excluding steroid dienone is 1. The summed E-state index contributed by atoms with van der Waals surface area (Å²) in [7, 11) is 0. The van der Waals surface area contributed by atoms with Gasteiger partial charge in [-0.2, -0.15) is 5.26 Å². The van der Waals surface area contributed by atoms with E-state index in [2.05, 4.69) is 22.0 Å². The van der Waals surface area contributed by atoms with Crippen LogP contribution in [0.1, 0.15) is 34.3 Å². The van der Waals surface area contributed by atoms with Gasteiger partial charge in [0.05, 0.1) is 18.1 Å². The molecule has 1 heterocycles. The molecule has 0 amide bonds. The molecule has 0 saturated carbocycles. The number of para-hydroxylation sites is 1. The molecule has 0 aliphatic carbocycles. The van der Waals surface area contributed by atoms with Crippen molar-refractivity contribution in [2.24, 2.45) is 5.73 Å². The Morgan fingerprint density at radius 3 is 2.59 bits per heavy atom. The van der Waals surface area contributed by atoms with Gasteiger partial charge in [-0.1, -0.05) is 40.2 Å². The van der Waals surface area contributed by atoms with Gasteiger partial charge in [0.1, 0.15) is 28.9 Å². The standard InChI is InChI=1S/C25H19BrN2O4/c1-2-30-21-6-4-3-5-18(21)23-19-12-11-17(13-22(19)32-24(28)20(23)14-27)31-25(29)15-7-9-16(26)10-8-15/h3-13,23H,2,28H2,1H3. The van der Waals surface area contributed by atoms with Gasteiger partial charge in [-0.05, 0) is 43.3 Å². The number of hydrogen-bond acceptors (Lipinski definition) is 6. The van der Waals surface area contributed by atoms with E-state index in [0.717, 1.165) is 15.6 Å². The topological polar surface area (TPSA) is 94.6 Å². The highest BCUT2D eigenvalue weighted by Crippen LogP contribution is 2.45. The summed E-state index contributed by atoms with van der Waals surface area (Å²) in [6.07, 6.45) is 0. The molecule has 2 N–H and O–H groups in total. The Labute approximate surface area is 194 Å². The smallest absolute Gasteiger partial charge is 0.343 e. The van der Waals surface area contributed by atoms with Gasteiger partial charge >= 0.3 is 5.97 Å². The number of ether oxygens (including phenoxy) is 3. The van der Waals surface area contributed by atoms with Crippen LogP contribution in [0, 0.1) is 11.3 Å². The predicted octanol–water partition coefficient (Wildman–Crippen LogP) is 5.29. The lowest BCUT2D eigenvalue weighted by Gasteiger charge is -2.27. The van der Waals surface area contributed by atoms with Crippen LogP contribution in [0.15, 0.2) is 82.7 Å². The molecule has 0 radical (unpaired) electrons. The molecule has 0 saturated heterocycles. The molecule has 4 rings (SSSR count). The number of esters is 1. The number of nitrogens with two attached hydrogens (primary N) is 1. The van der Waals surface area contributed by atoms with Gasteiger partial charge in [0.15, 0.2) is 0 Å². The molecule has 0 spiro atoms. The molecule has 1 aliphatic heterocycles. The maximum Gasteiger partial charge on any atom is 0.343 e. The lowest BCUT2D eigenvalue weighted by atomic mass is 9.83. The molecule has 1 aliphatic rings. The summed E-state index contributed by atoms with van der Waals surface area (Å²) in [5, 5.41) is 9.78. The Morgan fingerprint density at radius 2 is 1.88 bits per heavy atom. The van der Waals surface area contributed by atoms with Gasteiger partial charge in [0, 0.05) is 21.7 Å². The Morgan fingerprint density at radius 1 is 1.12 bits per heavy atom. The molecule has 32 heavy (non-hydrogen) atoms. The molecule has 3 aromatic rings. The van der Waals surface area contributed by atoms with Crippen molar-refractivity contribution in [2.75, 3.05) is 6.61 Å². The van der Waals surface area contributed by atoms with Gasteiger partial charge in [-0.25, -0.2) is 4.79 Å². The Kier molecular flexibility index (Phi) is 6.15. The van der Waals surface area contributed by atoms with Crippen molar-refractivity contribution in [1.29, 1.82) is 5.26 Å². The second-order valence-corrected chi connectivity index (χ2v) is 7.91. The maximum atomic E-state index is 12.5. The number of carbonyl (C=O) groups excluding carboxylic acids is 1. The monoisotopic (exact) mass is 490 g/mol. The van der Waals surface area contributed by atoms with Crippen molar-refractivity contribution in [3.63, 3.8) is 0 Å². The van der Waals surface area contributed by atoms with Crippen LogP contribution in [0.2, 0.25) is 0 Å². The molecule has 6 nitrogen and oxygen atoms in total. The molecule has 160 valence electrons. The lowest BCUT2D eigenvalue weighted by Crippen LogP contribution is -2.21. The van der Waals surface area contributed by atoms with Gasteiger partial charge in [0.25, 0.3) is 0 Å². The third-order valence-electron chi connectivity index (χ3n) is 5.01. The van der Waals surface area contributed by atoms with Crippen LogP contribution < -0.4 is 19.9 Å². The third-order valence-corrected chi connectivity index (χ3v) is 5.54. The highest BCUT2D eigenvalue weighted by Gasteiger charge is 2.32. The number of carbonyl (C=O) groups is 1. The van der Waals surface area contributed by atoms with Crippen LogP contribution >= 0.6 is 15.9 Å². The number of nitriles is 1. The molecule has 0 fully saturated rings. The lowest BCUT2D eigenvalue weighted by molar-refractivity contribution is 0.0734. The van der Waals surface area contributed by atoms with Crippen molar-refractivity contribution < 1.29 is 19.0 Å². The van der Waals surface area contributed by atoms with E-state index in [1.807, 2.05) is 31.2 Å². The molecular formula is C25H19BrN2O4. The van der Waals surface area contributed by atoms with Crippen molar-refractivity contribution in [3.05, 3.63) is 99.3 Å². The highest BCUT2D eigenvalue weighted by molar-refractivity contribution is 9.10. The predicted molar refractivity (Wildman–Crippen MR) is 122 cm³/mol. The second-order valence-electron chi connectivity index (χ2n) is 6.99. The fraction of sp³-hybridized carbons (Fsp3) is 0.120. The zero-order valence-corrected chi connectivity index (χ0v) is 18.8. The van der Waals surface area contributed by atoms with E-state index in [1.54, 1.807) is 42.5 Å². The fourth-order valence-electron chi connectivity index (χ4n) is 3.58. The van der Waals surface area contributed by atoms with Gasteiger partial charge in [0.2, 0.25) is 5.88 Å². The summed E-state index contributed by atoms with van der Waals surface area (Å²) in [5.74, 6) is 0.433. The summed E-state index contributed by atoms with van der Waals surface area (Å²) in [5.41, 5.74) is 8.34. The fourth-order valence-corrected chi connectivity index (χ4v) is 3.84. The molecule has 1 unspecified atom stereocenters. The van der Waals surface area contributed by atoms with Crippen LogP contribution in [-0.4, -0.2) is 12.6 Å². The normalized spacial score (nSPS) is 14.7. The van der Waals surface area contributed by atoms with E-state index in [1.165, 1.54) is 0 Å². The third kappa shape index (κ3) is 4.18. The molecule has 3 aromatic carbocycles. The molecule has 0 bridgehead atoms. The van der Waals surface area contributed by atoms with E-state index >= 15 is 0 Å². The maximum absolute atomic E-state index is 12.5.